The molecule has 2 aromatic rings. The summed E-state index contributed by atoms with van der Waals surface area (Å²) in [5.74, 6) is -0.138. The van der Waals surface area contributed by atoms with Crippen LogP contribution in [0.2, 0.25) is 0 Å². The van der Waals surface area contributed by atoms with Gasteiger partial charge in [0.05, 0.1) is 43.1 Å². The van der Waals surface area contributed by atoms with E-state index in [4.69, 9.17) is 23.0 Å². The van der Waals surface area contributed by atoms with E-state index in [9.17, 15) is 9.59 Å². The molecule has 36 heavy (non-hydrogen) atoms. The lowest BCUT2D eigenvalue weighted by Crippen LogP contribution is -2.41. The average molecular weight is 519 g/mol. The quantitative estimate of drug-likeness (QED) is 0.289. The second-order valence-electron chi connectivity index (χ2n) is 11.0. The van der Waals surface area contributed by atoms with Crippen LogP contribution in [0, 0.1) is 5.41 Å². The molecule has 1 aromatic heterocycles. The molecule has 198 valence electrons. The molecule has 0 unspecified atom stereocenters. The molecule has 1 atom stereocenters. The molecule has 2 heterocycles. The Morgan fingerprint density at radius 2 is 1.78 bits per heavy atom. The van der Waals surface area contributed by atoms with Crippen LogP contribution in [-0.2, 0) is 18.2 Å². The molecule has 0 aliphatic carbocycles. The van der Waals surface area contributed by atoms with Crippen molar-refractivity contribution >= 4 is 41.5 Å². The molecule has 0 saturated carbocycles. The summed E-state index contributed by atoms with van der Waals surface area (Å²) in [5, 5.41) is 0.351. The van der Waals surface area contributed by atoms with Crippen molar-refractivity contribution in [3.8, 4) is 5.75 Å². The molecule has 0 spiro atoms. The molecule has 1 aliphatic rings. The van der Waals surface area contributed by atoms with E-state index < -0.39 is 29.7 Å². The highest BCUT2D eigenvalue weighted by Crippen LogP contribution is 2.38. The van der Waals surface area contributed by atoms with Gasteiger partial charge in [0.15, 0.2) is 0 Å². The third-order valence-corrected chi connectivity index (χ3v) is 7.44. The van der Waals surface area contributed by atoms with Crippen molar-refractivity contribution < 1.29 is 27.8 Å². The first-order valence-electron chi connectivity index (χ1n) is 12.1. The van der Waals surface area contributed by atoms with Crippen molar-refractivity contribution in [3.05, 3.63) is 34.1 Å². The van der Waals surface area contributed by atoms with E-state index in [0.29, 0.717) is 28.7 Å². The van der Waals surface area contributed by atoms with Gasteiger partial charge in [-0.25, -0.2) is 4.79 Å². The number of methoxy groups -OCH3 is 1. The molecule has 0 amide bonds. The SMILES string of the molecule is CCOC(=O)c1cn([C@H](COSC)C(C)(C)C)c2cc(OC)c(B3OC(C)(C)C(C)(C)O3)cc2c1=O. The standard InChI is InChI=1S/C26H38BNO7S/c1-11-32-23(30)17-14-28(21(15-33-36-10)24(2,3)4)19-13-20(31-9)18(12-16(19)22(17)29)27-34-25(5,6)26(7,8)35-27/h12-14,21H,11,15H2,1-10H3/t21-/m1/s1. The van der Waals surface area contributed by atoms with Crippen molar-refractivity contribution in [3.63, 3.8) is 0 Å². The van der Waals surface area contributed by atoms with E-state index in [2.05, 4.69) is 20.8 Å². The summed E-state index contributed by atoms with van der Waals surface area (Å²) in [4.78, 5) is 26.5. The van der Waals surface area contributed by atoms with Crippen molar-refractivity contribution in [2.75, 3.05) is 26.6 Å². The number of carbonyl (C=O) groups excluding carboxylic acids is 1. The fourth-order valence-electron chi connectivity index (χ4n) is 4.22. The second kappa shape index (κ2) is 10.4. The first kappa shape index (κ1) is 28.6. The smallest absolute Gasteiger partial charge is 0.497 e. The normalized spacial score (nSPS) is 17.9. The van der Waals surface area contributed by atoms with Gasteiger partial charge in [0.25, 0.3) is 0 Å². The summed E-state index contributed by atoms with van der Waals surface area (Å²) < 4.78 is 31.2. The Hall–Kier alpha value is -2.01. The fraction of sp³-hybridized carbons (Fsp3) is 0.615. The van der Waals surface area contributed by atoms with Crippen LogP contribution in [0.5, 0.6) is 5.75 Å². The van der Waals surface area contributed by atoms with Gasteiger partial charge in [-0.15, -0.1) is 0 Å². The number of nitrogens with zero attached hydrogens (tertiary/aromatic N) is 1. The number of carbonyl (C=O) groups is 1. The number of hydrogen-bond donors (Lipinski definition) is 0. The van der Waals surface area contributed by atoms with Gasteiger partial charge in [0.2, 0.25) is 5.43 Å². The minimum Gasteiger partial charge on any atom is -0.497 e. The predicted octanol–water partition coefficient (Wildman–Crippen LogP) is 4.37. The minimum atomic E-state index is -0.744. The molecule has 1 saturated heterocycles. The monoisotopic (exact) mass is 519 g/mol. The number of esters is 1. The first-order chi connectivity index (χ1) is 16.7. The Balaban J connectivity index is 2.34. The maximum atomic E-state index is 13.6. The summed E-state index contributed by atoms with van der Waals surface area (Å²) in [6.45, 7) is 16.4. The molecule has 8 nitrogen and oxygen atoms in total. The molecule has 3 rings (SSSR count). The lowest BCUT2D eigenvalue weighted by Gasteiger charge is -2.34. The fourth-order valence-corrected chi connectivity index (χ4v) is 4.48. The largest absolute Gasteiger partial charge is 0.498 e. The van der Waals surface area contributed by atoms with E-state index in [1.807, 2.05) is 44.6 Å². The zero-order chi connectivity index (χ0) is 27.1. The molecule has 0 radical (unpaired) electrons. The van der Waals surface area contributed by atoms with E-state index in [-0.39, 0.29) is 23.6 Å². The number of fused-ring (bicyclic) bond motifs is 1. The number of aromatic nitrogens is 1. The van der Waals surface area contributed by atoms with Crippen LogP contribution in [0.15, 0.2) is 23.1 Å². The molecule has 1 aromatic carbocycles. The molecule has 0 N–H and O–H groups in total. The Kier molecular flexibility index (Phi) is 8.25. The molecule has 1 fully saturated rings. The predicted molar refractivity (Wildman–Crippen MR) is 144 cm³/mol. The third-order valence-electron chi connectivity index (χ3n) is 7.07. The van der Waals surface area contributed by atoms with Crippen LogP contribution in [0.3, 0.4) is 0 Å². The Labute approximate surface area is 218 Å². The highest BCUT2D eigenvalue weighted by atomic mass is 32.2. The van der Waals surface area contributed by atoms with Gasteiger partial charge in [-0.1, -0.05) is 20.8 Å². The van der Waals surface area contributed by atoms with E-state index in [1.165, 1.54) is 12.0 Å². The summed E-state index contributed by atoms with van der Waals surface area (Å²) in [5.41, 5.74) is -0.655. The van der Waals surface area contributed by atoms with Gasteiger partial charge in [-0.3, -0.25) is 4.79 Å². The zero-order valence-electron chi connectivity index (χ0n) is 23.0. The zero-order valence-corrected chi connectivity index (χ0v) is 23.8. The first-order valence-corrected chi connectivity index (χ1v) is 13.3. The lowest BCUT2D eigenvalue weighted by molar-refractivity contribution is 0.00578. The Morgan fingerprint density at radius 1 is 1.17 bits per heavy atom. The van der Waals surface area contributed by atoms with Crippen LogP contribution >= 0.6 is 12.0 Å². The van der Waals surface area contributed by atoms with Gasteiger partial charge in [-0.05, 0) is 58.1 Å². The molecular formula is C26H38BNO7S. The number of benzene rings is 1. The van der Waals surface area contributed by atoms with Crippen LogP contribution in [0.25, 0.3) is 10.9 Å². The molecule has 10 heteroatoms. The van der Waals surface area contributed by atoms with E-state index in [1.54, 1.807) is 26.3 Å². The maximum absolute atomic E-state index is 13.6. The summed E-state index contributed by atoms with van der Waals surface area (Å²) in [6, 6.07) is 3.32. The van der Waals surface area contributed by atoms with Gasteiger partial charge < -0.3 is 27.5 Å². The van der Waals surface area contributed by atoms with E-state index in [0.717, 1.165) is 0 Å². The van der Waals surface area contributed by atoms with Crippen LogP contribution in [-0.4, -0.2) is 55.4 Å². The molecule has 0 bridgehead atoms. The van der Waals surface area contributed by atoms with Gasteiger partial charge in [0, 0.05) is 29.4 Å². The van der Waals surface area contributed by atoms with Crippen molar-refractivity contribution in [2.45, 2.75) is 72.6 Å². The summed E-state index contributed by atoms with van der Waals surface area (Å²) >= 11 is 1.27. The number of rotatable bonds is 8. The second-order valence-corrected chi connectivity index (χ2v) is 11.6. The Bertz CT molecular complexity index is 1170. The lowest BCUT2D eigenvalue weighted by atomic mass is 9.77. The highest BCUT2D eigenvalue weighted by molar-refractivity contribution is 7.93. The van der Waals surface area contributed by atoms with Crippen molar-refractivity contribution in [2.24, 2.45) is 5.41 Å². The van der Waals surface area contributed by atoms with E-state index >= 15 is 0 Å². The van der Waals surface area contributed by atoms with Crippen LogP contribution < -0.4 is 15.6 Å². The van der Waals surface area contributed by atoms with Gasteiger partial charge >= 0.3 is 13.1 Å². The van der Waals surface area contributed by atoms with Gasteiger partial charge in [0.1, 0.15) is 11.3 Å². The molecule has 1 aliphatic heterocycles. The van der Waals surface area contributed by atoms with Crippen LogP contribution in [0.4, 0.5) is 0 Å². The number of pyridine rings is 1. The molecular weight excluding hydrogens is 481 g/mol. The highest BCUT2D eigenvalue weighted by Gasteiger charge is 2.52. The topological polar surface area (TPSA) is 85.2 Å². The minimum absolute atomic E-state index is 0.0345. The number of hydrogen-bond acceptors (Lipinski definition) is 8. The van der Waals surface area contributed by atoms with Gasteiger partial charge in [-0.2, -0.15) is 0 Å². The number of ether oxygens (including phenoxy) is 2. The van der Waals surface area contributed by atoms with Crippen molar-refractivity contribution in [1.82, 2.24) is 4.57 Å². The summed E-state index contributed by atoms with van der Waals surface area (Å²) in [6.07, 6.45) is 3.43. The Morgan fingerprint density at radius 3 is 2.28 bits per heavy atom. The maximum Gasteiger partial charge on any atom is 0.498 e. The van der Waals surface area contributed by atoms with Crippen LogP contribution in [0.1, 0.15) is 71.8 Å². The third kappa shape index (κ3) is 5.32. The van der Waals surface area contributed by atoms with Crippen molar-refractivity contribution in [1.29, 1.82) is 0 Å². The summed E-state index contributed by atoms with van der Waals surface area (Å²) in [7, 11) is 0.829. The average Bonchev–Trinajstić information content (AvgIpc) is 3.00.